The molecule has 1 aromatic heterocycles. The van der Waals surface area contributed by atoms with E-state index in [2.05, 4.69) is 4.72 Å². The van der Waals surface area contributed by atoms with Crippen molar-refractivity contribution in [1.82, 2.24) is 4.72 Å². The summed E-state index contributed by atoms with van der Waals surface area (Å²) in [6, 6.07) is 10.7. The quantitative estimate of drug-likeness (QED) is 0.678. The molecule has 27 heavy (non-hydrogen) atoms. The standard InChI is InChI=1S/C20H21NO4S2/c1-13-10-16-18(26-17-5-3-2-4-15(17)20(16)22)11-19(13)27(23,24)21-12-14-6-8-25-9-7-14/h2-5,10-11,14,21H,6-9,12H2,1H3. The smallest absolute Gasteiger partial charge is 0.240 e. The first kappa shape index (κ1) is 18.6. The third kappa shape index (κ3) is 3.65. The Morgan fingerprint density at radius 2 is 1.85 bits per heavy atom. The Bertz CT molecular complexity index is 1160. The molecule has 0 amide bonds. The first-order chi connectivity index (χ1) is 13.0. The third-order valence-corrected chi connectivity index (χ3v) is 7.76. The van der Waals surface area contributed by atoms with Gasteiger partial charge in [-0.1, -0.05) is 12.1 Å². The molecule has 3 aromatic rings. The summed E-state index contributed by atoms with van der Waals surface area (Å²) in [7, 11) is -3.63. The van der Waals surface area contributed by atoms with Crippen LogP contribution in [0, 0.1) is 12.8 Å². The number of sulfonamides is 1. The zero-order chi connectivity index (χ0) is 19.0. The van der Waals surface area contributed by atoms with Gasteiger partial charge in [-0.05, 0) is 55.5 Å². The SMILES string of the molecule is Cc1cc2c(=O)c3ccccc3sc2cc1S(=O)(=O)NCC1CCOCC1. The van der Waals surface area contributed by atoms with E-state index in [1.807, 2.05) is 24.3 Å². The van der Waals surface area contributed by atoms with Crippen molar-refractivity contribution in [2.24, 2.45) is 5.92 Å². The van der Waals surface area contributed by atoms with Crippen LogP contribution in [0.5, 0.6) is 0 Å². The maximum Gasteiger partial charge on any atom is 0.240 e. The van der Waals surface area contributed by atoms with Crippen LogP contribution in [0.15, 0.2) is 46.1 Å². The van der Waals surface area contributed by atoms with Crippen molar-refractivity contribution in [2.45, 2.75) is 24.7 Å². The molecule has 0 atom stereocenters. The highest BCUT2D eigenvalue weighted by Gasteiger charge is 2.22. The molecule has 1 aliphatic heterocycles. The van der Waals surface area contributed by atoms with Crippen LogP contribution < -0.4 is 10.2 Å². The summed E-state index contributed by atoms with van der Waals surface area (Å²) in [6.45, 7) is 3.52. The first-order valence-electron chi connectivity index (χ1n) is 8.99. The summed E-state index contributed by atoms with van der Waals surface area (Å²) >= 11 is 1.44. The highest BCUT2D eigenvalue weighted by molar-refractivity contribution is 7.89. The molecule has 2 heterocycles. The van der Waals surface area contributed by atoms with Gasteiger partial charge in [-0.25, -0.2) is 13.1 Å². The van der Waals surface area contributed by atoms with Crippen molar-refractivity contribution < 1.29 is 13.2 Å². The number of aryl methyl sites for hydroxylation is 1. The van der Waals surface area contributed by atoms with E-state index in [9.17, 15) is 13.2 Å². The lowest BCUT2D eigenvalue weighted by molar-refractivity contribution is 0.0678. The molecule has 0 spiro atoms. The van der Waals surface area contributed by atoms with Crippen molar-refractivity contribution >= 4 is 41.5 Å². The predicted octanol–water partition coefficient (Wildman–Crippen LogP) is 3.43. The topological polar surface area (TPSA) is 72.5 Å². The number of hydrogen-bond acceptors (Lipinski definition) is 5. The second-order valence-corrected chi connectivity index (χ2v) is 9.77. The van der Waals surface area contributed by atoms with E-state index in [1.165, 1.54) is 11.3 Å². The Balaban J connectivity index is 1.73. The molecule has 1 aliphatic rings. The lowest BCUT2D eigenvalue weighted by Crippen LogP contribution is -2.32. The second kappa shape index (κ2) is 7.31. The molecule has 0 aliphatic carbocycles. The molecule has 2 aromatic carbocycles. The van der Waals surface area contributed by atoms with Crippen LogP contribution in [0.1, 0.15) is 18.4 Å². The van der Waals surface area contributed by atoms with E-state index in [0.29, 0.717) is 46.7 Å². The van der Waals surface area contributed by atoms with Gasteiger partial charge >= 0.3 is 0 Å². The van der Waals surface area contributed by atoms with E-state index >= 15 is 0 Å². The molecule has 142 valence electrons. The fraction of sp³-hybridized carbons (Fsp3) is 0.350. The zero-order valence-corrected chi connectivity index (χ0v) is 16.7. The van der Waals surface area contributed by atoms with Gasteiger partial charge in [0.1, 0.15) is 0 Å². The van der Waals surface area contributed by atoms with E-state index in [1.54, 1.807) is 19.1 Å². The fourth-order valence-electron chi connectivity index (χ4n) is 3.48. The first-order valence-corrected chi connectivity index (χ1v) is 11.3. The number of hydrogen-bond donors (Lipinski definition) is 1. The molecular weight excluding hydrogens is 382 g/mol. The van der Waals surface area contributed by atoms with E-state index in [4.69, 9.17) is 4.74 Å². The van der Waals surface area contributed by atoms with Gasteiger partial charge in [0, 0.05) is 39.9 Å². The Morgan fingerprint density at radius 1 is 1.11 bits per heavy atom. The Kier molecular flexibility index (Phi) is 5.03. The van der Waals surface area contributed by atoms with Gasteiger partial charge in [0.05, 0.1) is 4.90 Å². The van der Waals surface area contributed by atoms with E-state index < -0.39 is 10.0 Å². The van der Waals surface area contributed by atoms with Gasteiger partial charge in [-0.15, -0.1) is 11.3 Å². The Labute approximate surface area is 162 Å². The molecule has 1 N–H and O–H groups in total. The minimum absolute atomic E-state index is 0.0541. The van der Waals surface area contributed by atoms with Crippen LogP contribution >= 0.6 is 11.3 Å². The molecule has 0 bridgehead atoms. The normalized spacial score (nSPS) is 16.2. The molecule has 7 heteroatoms. The van der Waals surface area contributed by atoms with Gasteiger partial charge in [0.2, 0.25) is 10.0 Å². The molecule has 1 fully saturated rings. The van der Waals surface area contributed by atoms with Gasteiger partial charge in [0.25, 0.3) is 0 Å². The van der Waals surface area contributed by atoms with Gasteiger partial charge < -0.3 is 4.74 Å². The Hall–Kier alpha value is -1.80. The fourth-order valence-corrected chi connectivity index (χ4v) is 6.02. The molecule has 0 radical (unpaired) electrons. The highest BCUT2D eigenvalue weighted by Crippen LogP contribution is 2.29. The average Bonchev–Trinajstić information content (AvgIpc) is 2.68. The van der Waals surface area contributed by atoms with Crippen molar-refractivity contribution in [3.8, 4) is 0 Å². The molecule has 0 saturated carbocycles. The average molecular weight is 404 g/mol. The Morgan fingerprint density at radius 3 is 2.63 bits per heavy atom. The van der Waals surface area contributed by atoms with Crippen LogP contribution in [0.2, 0.25) is 0 Å². The number of ether oxygens (including phenoxy) is 1. The number of nitrogens with one attached hydrogen (secondary N) is 1. The molecule has 4 rings (SSSR count). The maximum absolute atomic E-state index is 12.9. The summed E-state index contributed by atoms with van der Waals surface area (Å²) < 4.78 is 35.4. The van der Waals surface area contributed by atoms with Crippen LogP contribution in [-0.2, 0) is 14.8 Å². The number of benzene rings is 2. The lowest BCUT2D eigenvalue weighted by atomic mass is 10.0. The molecule has 0 unspecified atom stereocenters. The lowest BCUT2D eigenvalue weighted by Gasteiger charge is -2.22. The summed E-state index contributed by atoms with van der Waals surface area (Å²) in [4.78, 5) is 13.0. The van der Waals surface area contributed by atoms with Crippen LogP contribution in [0.25, 0.3) is 20.2 Å². The van der Waals surface area contributed by atoms with Crippen molar-refractivity contribution in [3.05, 3.63) is 52.2 Å². The van der Waals surface area contributed by atoms with Gasteiger partial charge in [-0.2, -0.15) is 0 Å². The number of rotatable bonds is 4. The predicted molar refractivity (Wildman–Crippen MR) is 109 cm³/mol. The summed E-state index contributed by atoms with van der Waals surface area (Å²) in [5, 5.41) is 1.24. The van der Waals surface area contributed by atoms with E-state index in [0.717, 1.165) is 17.5 Å². The zero-order valence-electron chi connectivity index (χ0n) is 15.0. The van der Waals surface area contributed by atoms with Gasteiger partial charge in [-0.3, -0.25) is 4.79 Å². The molecule has 1 saturated heterocycles. The maximum atomic E-state index is 12.9. The van der Waals surface area contributed by atoms with Crippen LogP contribution in [-0.4, -0.2) is 28.2 Å². The molecular formula is C20H21NO4S2. The highest BCUT2D eigenvalue weighted by atomic mass is 32.2. The largest absolute Gasteiger partial charge is 0.381 e. The summed E-state index contributed by atoms with van der Waals surface area (Å²) in [5.41, 5.74) is 0.531. The summed E-state index contributed by atoms with van der Waals surface area (Å²) in [6.07, 6.45) is 1.74. The van der Waals surface area contributed by atoms with Crippen LogP contribution in [0.3, 0.4) is 0 Å². The summed E-state index contributed by atoms with van der Waals surface area (Å²) in [5.74, 6) is 0.300. The van der Waals surface area contributed by atoms with Crippen molar-refractivity contribution in [3.63, 3.8) is 0 Å². The van der Waals surface area contributed by atoms with Crippen molar-refractivity contribution in [1.29, 1.82) is 0 Å². The monoisotopic (exact) mass is 403 g/mol. The minimum Gasteiger partial charge on any atom is -0.381 e. The van der Waals surface area contributed by atoms with Crippen LogP contribution in [0.4, 0.5) is 0 Å². The third-order valence-electron chi connectivity index (χ3n) is 5.07. The second-order valence-electron chi connectivity index (χ2n) is 6.95. The van der Waals surface area contributed by atoms with Gasteiger partial charge in [0.15, 0.2) is 5.43 Å². The minimum atomic E-state index is -3.63. The van der Waals surface area contributed by atoms with E-state index in [-0.39, 0.29) is 10.3 Å². The molecule has 5 nitrogen and oxygen atoms in total. The number of fused-ring (bicyclic) bond motifs is 2. The van der Waals surface area contributed by atoms with Crippen molar-refractivity contribution in [2.75, 3.05) is 19.8 Å².